The quantitative estimate of drug-likeness (QED) is 0.645. The second kappa shape index (κ2) is 7.63. The molecule has 0 saturated carbocycles. The first-order chi connectivity index (χ1) is 12.1. The van der Waals surface area contributed by atoms with Crippen LogP contribution in [0.4, 0.5) is 5.69 Å². The van der Waals surface area contributed by atoms with E-state index >= 15 is 0 Å². The fourth-order valence-corrected chi connectivity index (χ4v) is 3.45. The predicted molar refractivity (Wildman–Crippen MR) is 94.8 cm³/mol. The van der Waals surface area contributed by atoms with Gasteiger partial charge in [0.05, 0.1) is 18.1 Å². The molecule has 1 fully saturated rings. The zero-order valence-corrected chi connectivity index (χ0v) is 14.2. The van der Waals surface area contributed by atoms with Gasteiger partial charge >= 0.3 is 0 Å². The smallest absolute Gasteiger partial charge is 0.269 e. The van der Waals surface area contributed by atoms with Crippen molar-refractivity contribution in [2.45, 2.75) is 18.4 Å². The third-order valence-corrected chi connectivity index (χ3v) is 4.75. The molecule has 1 N–H and O–H groups in total. The maximum atomic E-state index is 10.9. The number of nitrogens with zero attached hydrogens (tertiary/aromatic N) is 2. The maximum Gasteiger partial charge on any atom is 0.269 e. The topological polar surface area (TPSA) is 75.8 Å². The summed E-state index contributed by atoms with van der Waals surface area (Å²) in [5.41, 5.74) is 1.78. The maximum absolute atomic E-state index is 10.9. The highest BCUT2D eigenvalue weighted by atomic mass is 16.6. The molecule has 6 heteroatoms. The van der Waals surface area contributed by atoms with Crippen LogP contribution in [0.25, 0.3) is 0 Å². The van der Waals surface area contributed by atoms with Crippen molar-refractivity contribution in [1.29, 1.82) is 0 Å². The van der Waals surface area contributed by atoms with Crippen LogP contribution in [-0.2, 0) is 0 Å². The number of nitro benzene ring substituents is 1. The molecule has 1 heterocycles. The number of non-ortho nitro benzene ring substituents is 1. The first kappa shape index (κ1) is 17.4. The summed E-state index contributed by atoms with van der Waals surface area (Å²) in [6.45, 7) is 2.19. The van der Waals surface area contributed by atoms with Crippen LogP contribution in [0.5, 0.6) is 5.75 Å². The second-order valence-electron chi connectivity index (χ2n) is 6.36. The number of likely N-dealkylation sites (tertiary alicyclic amines) is 1. The van der Waals surface area contributed by atoms with E-state index < -0.39 is 11.0 Å². The highest BCUT2D eigenvalue weighted by molar-refractivity contribution is 5.37. The molecule has 1 aliphatic heterocycles. The lowest BCUT2D eigenvalue weighted by Gasteiger charge is -2.21. The molecule has 0 spiro atoms. The van der Waals surface area contributed by atoms with Gasteiger partial charge in [0.2, 0.25) is 0 Å². The van der Waals surface area contributed by atoms with Crippen molar-refractivity contribution >= 4 is 5.69 Å². The van der Waals surface area contributed by atoms with Gasteiger partial charge in [0, 0.05) is 31.1 Å². The van der Waals surface area contributed by atoms with E-state index in [0.29, 0.717) is 18.0 Å². The molecule has 132 valence electrons. The molecular formula is C19H22N2O4. The molecule has 0 aliphatic carbocycles. The second-order valence-corrected chi connectivity index (χ2v) is 6.36. The summed E-state index contributed by atoms with van der Waals surface area (Å²) in [6, 6.07) is 14.2. The minimum Gasteiger partial charge on any atom is -0.496 e. The summed E-state index contributed by atoms with van der Waals surface area (Å²) in [6.07, 6.45) is 0.262. The summed E-state index contributed by atoms with van der Waals surface area (Å²) >= 11 is 0. The molecule has 2 aromatic carbocycles. The minimum atomic E-state index is -0.740. The SMILES string of the molecule is COc1ccccc1[C@H]1CCN(C[C@@H](O)c2cccc([N+](=O)[O-])c2)C1. The number of aliphatic hydroxyl groups excluding tert-OH is 1. The summed E-state index contributed by atoms with van der Waals surface area (Å²) in [4.78, 5) is 12.6. The van der Waals surface area contributed by atoms with Gasteiger partial charge in [-0.15, -0.1) is 0 Å². The van der Waals surface area contributed by atoms with Gasteiger partial charge in [-0.1, -0.05) is 30.3 Å². The van der Waals surface area contributed by atoms with E-state index in [9.17, 15) is 15.2 Å². The Bertz CT molecular complexity index is 750. The third kappa shape index (κ3) is 3.97. The van der Waals surface area contributed by atoms with Crippen LogP contribution in [0, 0.1) is 10.1 Å². The molecular weight excluding hydrogens is 320 g/mol. The average Bonchev–Trinajstić information content (AvgIpc) is 3.10. The summed E-state index contributed by atoms with van der Waals surface area (Å²) < 4.78 is 5.45. The van der Waals surface area contributed by atoms with Crippen LogP contribution >= 0.6 is 0 Å². The Labute approximate surface area is 146 Å². The number of benzene rings is 2. The lowest BCUT2D eigenvalue weighted by atomic mass is 9.97. The van der Waals surface area contributed by atoms with Gasteiger partial charge in [-0.05, 0) is 30.2 Å². The summed E-state index contributed by atoms with van der Waals surface area (Å²) in [7, 11) is 1.68. The van der Waals surface area contributed by atoms with Crippen LogP contribution in [0.2, 0.25) is 0 Å². The van der Waals surface area contributed by atoms with Gasteiger partial charge in [0.1, 0.15) is 5.75 Å². The van der Waals surface area contributed by atoms with Crippen LogP contribution in [0.1, 0.15) is 29.6 Å². The Balaban J connectivity index is 1.65. The van der Waals surface area contributed by atoms with Gasteiger partial charge in [-0.2, -0.15) is 0 Å². The molecule has 3 rings (SSSR count). The molecule has 1 aliphatic rings. The highest BCUT2D eigenvalue weighted by Crippen LogP contribution is 2.34. The Kier molecular flexibility index (Phi) is 5.31. The zero-order valence-electron chi connectivity index (χ0n) is 14.2. The predicted octanol–water partition coefficient (Wildman–Crippen LogP) is 3.13. The zero-order chi connectivity index (χ0) is 17.8. The lowest BCUT2D eigenvalue weighted by Crippen LogP contribution is -2.26. The van der Waals surface area contributed by atoms with E-state index in [2.05, 4.69) is 11.0 Å². The molecule has 0 bridgehead atoms. The van der Waals surface area contributed by atoms with Crippen LogP contribution in [0.15, 0.2) is 48.5 Å². The summed E-state index contributed by atoms with van der Waals surface area (Å²) in [5, 5.41) is 21.3. The lowest BCUT2D eigenvalue weighted by molar-refractivity contribution is -0.385. The van der Waals surface area contributed by atoms with Gasteiger partial charge in [-0.25, -0.2) is 0 Å². The Morgan fingerprint density at radius 3 is 2.88 bits per heavy atom. The highest BCUT2D eigenvalue weighted by Gasteiger charge is 2.27. The van der Waals surface area contributed by atoms with Crippen LogP contribution in [-0.4, -0.2) is 41.7 Å². The van der Waals surface area contributed by atoms with Crippen molar-refractivity contribution in [3.63, 3.8) is 0 Å². The number of hydrogen-bond acceptors (Lipinski definition) is 5. The van der Waals surface area contributed by atoms with Crippen molar-refractivity contribution in [3.8, 4) is 5.75 Å². The van der Waals surface area contributed by atoms with E-state index in [-0.39, 0.29) is 5.69 Å². The van der Waals surface area contributed by atoms with Gasteiger partial charge < -0.3 is 9.84 Å². The van der Waals surface area contributed by atoms with Crippen molar-refractivity contribution in [2.24, 2.45) is 0 Å². The number of aliphatic hydroxyl groups is 1. The van der Waals surface area contributed by atoms with Crippen molar-refractivity contribution in [2.75, 3.05) is 26.7 Å². The number of rotatable bonds is 6. The van der Waals surface area contributed by atoms with E-state index in [1.807, 2.05) is 18.2 Å². The normalized spacial score (nSPS) is 18.9. The monoisotopic (exact) mass is 342 g/mol. The summed E-state index contributed by atoms with van der Waals surface area (Å²) in [5.74, 6) is 1.27. The van der Waals surface area contributed by atoms with Gasteiger partial charge in [-0.3, -0.25) is 15.0 Å². The minimum absolute atomic E-state index is 0.00451. The molecule has 6 nitrogen and oxygen atoms in total. The molecule has 1 saturated heterocycles. The largest absolute Gasteiger partial charge is 0.496 e. The van der Waals surface area contributed by atoms with E-state index in [0.717, 1.165) is 25.3 Å². The first-order valence-corrected chi connectivity index (χ1v) is 8.36. The molecule has 0 amide bonds. The number of hydrogen-bond donors (Lipinski definition) is 1. The standard InChI is InChI=1S/C19H22N2O4/c1-25-19-8-3-2-7-17(19)15-9-10-20(12-15)13-18(22)14-5-4-6-16(11-14)21(23)24/h2-8,11,15,18,22H,9-10,12-13H2,1H3/t15-,18+/m0/s1. The number of nitro groups is 1. The van der Waals surface area contributed by atoms with Gasteiger partial charge in [0.15, 0.2) is 0 Å². The van der Waals surface area contributed by atoms with Crippen LogP contribution in [0.3, 0.4) is 0 Å². The van der Waals surface area contributed by atoms with E-state index in [1.54, 1.807) is 19.2 Å². The molecule has 25 heavy (non-hydrogen) atoms. The Morgan fingerprint density at radius 1 is 1.32 bits per heavy atom. The van der Waals surface area contributed by atoms with Crippen molar-refractivity contribution in [3.05, 3.63) is 69.8 Å². The number of β-amino-alcohol motifs (C(OH)–C–C–N with tert-alkyl or cyclic N) is 1. The molecule has 2 atom stereocenters. The van der Waals surface area contributed by atoms with E-state index in [4.69, 9.17) is 4.74 Å². The number of ether oxygens (including phenoxy) is 1. The first-order valence-electron chi connectivity index (χ1n) is 8.36. The van der Waals surface area contributed by atoms with Crippen LogP contribution < -0.4 is 4.74 Å². The molecule has 0 unspecified atom stereocenters. The molecule has 0 aromatic heterocycles. The molecule has 2 aromatic rings. The number of para-hydroxylation sites is 1. The van der Waals surface area contributed by atoms with Gasteiger partial charge in [0.25, 0.3) is 5.69 Å². The molecule has 0 radical (unpaired) electrons. The van der Waals surface area contributed by atoms with Crippen molar-refractivity contribution in [1.82, 2.24) is 4.90 Å². The average molecular weight is 342 g/mol. The van der Waals surface area contributed by atoms with Crippen molar-refractivity contribution < 1.29 is 14.8 Å². The number of methoxy groups -OCH3 is 1. The Morgan fingerprint density at radius 2 is 2.12 bits per heavy atom. The Hall–Kier alpha value is -2.44. The third-order valence-electron chi connectivity index (χ3n) is 4.75. The fourth-order valence-electron chi connectivity index (χ4n) is 3.45. The van der Waals surface area contributed by atoms with E-state index in [1.165, 1.54) is 17.7 Å². The fraction of sp³-hybridized carbons (Fsp3) is 0.368.